The Bertz CT molecular complexity index is 414. The van der Waals surface area contributed by atoms with Gasteiger partial charge in [0.05, 0.1) is 12.1 Å². The van der Waals surface area contributed by atoms with Crippen molar-refractivity contribution in [1.82, 2.24) is 0 Å². The lowest BCUT2D eigenvalue weighted by molar-refractivity contribution is 0.0344. The van der Waals surface area contributed by atoms with E-state index in [2.05, 4.69) is 10.3 Å². The van der Waals surface area contributed by atoms with E-state index in [1.165, 1.54) is 12.8 Å². The molecular formula is C15H24IN3O. The molecule has 20 heavy (non-hydrogen) atoms. The molecule has 0 heterocycles. The second kappa shape index (κ2) is 8.46. The number of aliphatic hydroxyl groups is 1. The maximum Gasteiger partial charge on any atom is 0.193 e. The predicted octanol–water partition coefficient (Wildman–Crippen LogP) is 3.12. The van der Waals surface area contributed by atoms with Crippen LogP contribution in [0, 0.1) is 0 Å². The molecule has 2 rings (SSSR count). The maximum absolute atomic E-state index is 10.5. The first-order valence-electron chi connectivity index (χ1n) is 7.02. The van der Waals surface area contributed by atoms with Gasteiger partial charge < -0.3 is 16.2 Å². The second-order valence-corrected chi connectivity index (χ2v) is 5.33. The van der Waals surface area contributed by atoms with Gasteiger partial charge in [-0.05, 0) is 25.0 Å². The van der Waals surface area contributed by atoms with Crippen LogP contribution in [0.3, 0.4) is 0 Å². The number of benzene rings is 1. The highest BCUT2D eigenvalue weighted by Gasteiger charge is 2.27. The highest BCUT2D eigenvalue weighted by molar-refractivity contribution is 14.0. The molecule has 1 aromatic carbocycles. The topological polar surface area (TPSA) is 70.6 Å². The Morgan fingerprint density at radius 1 is 1.15 bits per heavy atom. The number of anilines is 1. The van der Waals surface area contributed by atoms with E-state index in [1.807, 2.05) is 30.3 Å². The predicted molar refractivity (Wildman–Crippen MR) is 94.6 cm³/mol. The molecule has 112 valence electrons. The Balaban J connectivity index is 0.00000200. The molecule has 1 aliphatic carbocycles. The van der Waals surface area contributed by atoms with E-state index in [-0.39, 0.29) is 24.0 Å². The SMILES string of the molecule is I.NC(=NCC1(O)CCCCCC1)Nc1ccccc1. The zero-order valence-corrected chi connectivity index (χ0v) is 14.0. The van der Waals surface area contributed by atoms with Gasteiger partial charge in [0, 0.05) is 5.69 Å². The summed E-state index contributed by atoms with van der Waals surface area (Å²) in [6, 6.07) is 9.70. The lowest BCUT2D eigenvalue weighted by Gasteiger charge is -2.24. The minimum absolute atomic E-state index is 0. The Kier molecular flexibility index (Phi) is 7.29. The number of hydrogen-bond donors (Lipinski definition) is 3. The maximum atomic E-state index is 10.5. The molecule has 1 aromatic rings. The van der Waals surface area contributed by atoms with Crippen molar-refractivity contribution < 1.29 is 5.11 Å². The summed E-state index contributed by atoms with van der Waals surface area (Å²) in [7, 11) is 0. The first kappa shape index (κ1) is 17.2. The molecule has 1 fully saturated rings. The number of nitrogens with zero attached hydrogens (tertiary/aromatic N) is 1. The average Bonchev–Trinajstić information content (AvgIpc) is 2.63. The van der Waals surface area contributed by atoms with Crippen LogP contribution in [0.5, 0.6) is 0 Å². The number of halogens is 1. The molecule has 0 aliphatic heterocycles. The van der Waals surface area contributed by atoms with Gasteiger partial charge in [-0.25, -0.2) is 0 Å². The number of hydrogen-bond acceptors (Lipinski definition) is 2. The Morgan fingerprint density at radius 3 is 2.35 bits per heavy atom. The Labute approximate surface area is 137 Å². The van der Waals surface area contributed by atoms with Crippen molar-refractivity contribution in [3.8, 4) is 0 Å². The van der Waals surface area contributed by atoms with Crippen LogP contribution in [-0.2, 0) is 0 Å². The molecule has 0 unspecified atom stereocenters. The zero-order chi connectivity index (χ0) is 13.6. The minimum atomic E-state index is -0.667. The number of aliphatic imine (C=N–C) groups is 1. The summed E-state index contributed by atoms with van der Waals surface area (Å²) < 4.78 is 0. The van der Waals surface area contributed by atoms with Gasteiger partial charge in [-0.3, -0.25) is 4.99 Å². The van der Waals surface area contributed by atoms with E-state index in [0.29, 0.717) is 12.5 Å². The van der Waals surface area contributed by atoms with Crippen LogP contribution in [0.15, 0.2) is 35.3 Å². The standard InChI is InChI=1S/C15H23N3O.HI/c16-14(18-13-8-4-3-5-9-13)17-12-15(19)10-6-1-2-7-11-15;/h3-5,8-9,19H,1-2,6-7,10-12H2,(H3,16,17,18);1H. The molecule has 0 saturated heterocycles. The van der Waals surface area contributed by atoms with Crippen LogP contribution >= 0.6 is 24.0 Å². The van der Waals surface area contributed by atoms with E-state index in [4.69, 9.17) is 5.73 Å². The van der Waals surface area contributed by atoms with Crippen molar-refractivity contribution in [1.29, 1.82) is 0 Å². The van der Waals surface area contributed by atoms with Crippen LogP contribution in [0.2, 0.25) is 0 Å². The largest absolute Gasteiger partial charge is 0.388 e. The van der Waals surface area contributed by atoms with Crippen LogP contribution in [0.25, 0.3) is 0 Å². The molecule has 0 atom stereocenters. The van der Waals surface area contributed by atoms with Crippen LogP contribution in [-0.4, -0.2) is 23.2 Å². The molecule has 4 N–H and O–H groups in total. The number of rotatable bonds is 3. The monoisotopic (exact) mass is 389 g/mol. The van der Waals surface area contributed by atoms with Crippen molar-refractivity contribution in [3.63, 3.8) is 0 Å². The average molecular weight is 389 g/mol. The van der Waals surface area contributed by atoms with Crippen LogP contribution in [0.1, 0.15) is 38.5 Å². The zero-order valence-electron chi connectivity index (χ0n) is 11.7. The summed E-state index contributed by atoms with van der Waals surface area (Å²) in [5, 5.41) is 13.5. The second-order valence-electron chi connectivity index (χ2n) is 5.33. The molecule has 0 amide bonds. The Hall–Kier alpha value is -0.820. The van der Waals surface area contributed by atoms with E-state index in [9.17, 15) is 5.11 Å². The fourth-order valence-electron chi connectivity index (χ4n) is 2.49. The minimum Gasteiger partial charge on any atom is -0.388 e. The first-order chi connectivity index (χ1) is 9.18. The van der Waals surface area contributed by atoms with Crippen molar-refractivity contribution >= 4 is 35.6 Å². The molecule has 0 spiro atoms. The van der Waals surface area contributed by atoms with Crippen LogP contribution < -0.4 is 11.1 Å². The third kappa shape index (κ3) is 5.66. The summed E-state index contributed by atoms with van der Waals surface area (Å²) in [6.45, 7) is 0.388. The van der Waals surface area contributed by atoms with Gasteiger partial charge in [0.15, 0.2) is 5.96 Å². The highest BCUT2D eigenvalue weighted by atomic mass is 127. The van der Waals surface area contributed by atoms with Gasteiger partial charge in [0.1, 0.15) is 0 Å². The molecule has 1 aliphatic rings. The molecule has 1 saturated carbocycles. The van der Waals surface area contributed by atoms with Crippen molar-refractivity contribution in [2.24, 2.45) is 10.7 Å². The normalized spacial score (nSPS) is 18.8. The molecule has 4 nitrogen and oxygen atoms in total. The van der Waals surface area contributed by atoms with Gasteiger partial charge in [-0.1, -0.05) is 43.9 Å². The quantitative estimate of drug-likeness (QED) is 0.322. The summed E-state index contributed by atoms with van der Waals surface area (Å²) >= 11 is 0. The third-order valence-electron chi connectivity index (χ3n) is 3.62. The summed E-state index contributed by atoms with van der Waals surface area (Å²) in [6.07, 6.45) is 6.24. The van der Waals surface area contributed by atoms with E-state index in [0.717, 1.165) is 31.4 Å². The van der Waals surface area contributed by atoms with Gasteiger partial charge >= 0.3 is 0 Å². The number of para-hydroxylation sites is 1. The number of nitrogens with one attached hydrogen (secondary N) is 1. The van der Waals surface area contributed by atoms with Crippen molar-refractivity contribution in [3.05, 3.63) is 30.3 Å². The summed E-state index contributed by atoms with van der Waals surface area (Å²) in [4.78, 5) is 4.29. The van der Waals surface area contributed by atoms with E-state index < -0.39 is 5.60 Å². The van der Waals surface area contributed by atoms with Crippen molar-refractivity contribution in [2.75, 3.05) is 11.9 Å². The van der Waals surface area contributed by atoms with E-state index >= 15 is 0 Å². The molecule has 5 heteroatoms. The fraction of sp³-hybridized carbons (Fsp3) is 0.533. The van der Waals surface area contributed by atoms with E-state index in [1.54, 1.807) is 0 Å². The first-order valence-corrected chi connectivity index (χ1v) is 7.02. The number of guanidine groups is 1. The third-order valence-corrected chi connectivity index (χ3v) is 3.62. The molecule has 0 bridgehead atoms. The van der Waals surface area contributed by atoms with Gasteiger partial charge in [0.25, 0.3) is 0 Å². The van der Waals surface area contributed by atoms with Crippen molar-refractivity contribution in [2.45, 2.75) is 44.1 Å². The lowest BCUT2D eigenvalue weighted by atomic mass is 9.95. The lowest BCUT2D eigenvalue weighted by Crippen LogP contribution is -2.34. The molecular weight excluding hydrogens is 365 g/mol. The number of nitrogens with two attached hydrogens (primary N) is 1. The van der Waals surface area contributed by atoms with Gasteiger partial charge in [0.2, 0.25) is 0 Å². The summed E-state index contributed by atoms with van der Waals surface area (Å²) in [5.74, 6) is 0.365. The fourth-order valence-corrected chi connectivity index (χ4v) is 2.49. The molecule has 0 radical (unpaired) electrons. The van der Waals surface area contributed by atoms with Gasteiger partial charge in [-0.15, -0.1) is 24.0 Å². The molecule has 0 aromatic heterocycles. The van der Waals surface area contributed by atoms with Crippen LogP contribution in [0.4, 0.5) is 5.69 Å². The summed E-state index contributed by atoms with van der Waals surface area (Å²) in [5.41, 5.74) is 6.09. The van der Waals surface area contributed by atoms with Gasteiger partial charge in [-0.2, -0.15) is 0 Å². The Morgan fingerprint density at radius 2 is 1.75 bits per heavy atom. The highest BCUT2D eigenvalue weighted by Crippen LogP contribution is 2.27. The smallest absolute Gasteiger partial charge is 0.193 e.